The topological polar surface area (TPSA) is 0 Å². The van der Waals surface area contributed by atoms with Crippen molar-refractivity contribution in [2.24, 2.45) is 0 Å². The molecule has 12 rings (SSSR count). The zero-order valence-corrected chi connectivity index (χ0v) is 46.6. The van der Waals surface area contributed by atoms with Gasteiger partial charge in [0.1, 0.15) is 0 Å². The second-order valence-electron chi connectivity index (χ2n) is 27.0. The van der Waals surface area contributed by atoms with Crippen LogP contribution in [0.25, 0.3) is 76.8 Å². The van der Waals surface area contributed by atoms with Crippen LogP contribution >= 0.6 is 0 Å². The van der Waals surface area contributed by atoms with Crippen LogP contribution in [-0.2, 0) is 27.1 Å². The average Bonchev–Trinajstić information content (AvgIpc) is 3.87. The highest BCUT2D eigenvalue weighted by molar-refractivity contribution is 6.09. The molecule has 0 saturated heterocycles. The first-order chi connectivity index (χ1) is 34.9. The Morgan fingerprint density at radius 2 is 0.500 bits per heavy atom. The maximum Gasteiger partial charge on any atom is -0.000740 e. The lowest BCUT2D eigenvalue weighted by molar-refractivity contribution is 0.568. The molecule has 0 fully saturated rings. The van der Waals surface area contributed by atoms with E-state index < -0.39 is 0 Å². The summed E-state index contributed by atoms with van der Waals surface area (Å²) in [5.41, 5.74) is 17.0. The first-order valence-electron chi connectivity index (χ1n) is 27.2. The van der Waals surface area contributed by atoms with Gasteiger partial charge in [-0.1, -0.05) is 262 Å². The molecule has 0 heteroatoms. The lowest BCUT2D eigenvalue weighted by Crippen LogP contribution is -2.17. The minimum Gasteiger partial charge on any atom is -0.0622 e. The first kappa shape index (κ1) is 48.0. The van der Waals surface area contributed by atoms with Gasteiger partial charge in [-0.2, -0.15) is 0 Å². The zero-order chi connectivity index (χ0) is 52.2. The van der Waals surface area contributed by atoms with E-state index in [0.29, 0.717) is 0 Å². The third-order valence-electron chi connectivity index (χ3n) is 16.7. The molecule has 74 heavy (non-hydrogen) atoms. The number of benzene rings is 10. The smallest absolute Gasteiger partial charge is 0.000740 e. The second-order valence-corrected chi connectivity index (χ2v) is 27.0. The van der Waals surface area contributed by atoms with Crippen LogP contribution in [0.3, 0.4) is 0 Å². The highest BCUT2D eigenvalue weighted by Gasteiger charge is 2.29. The molecule has 0 spiro atoms. The Hall–Kier alpha value is -7.02. The van der Waals surface area contributed by atoms with Crippen molar-refractivity contribution in [2.75, 3.05) is 0 Å². The van der Waals surface area contributed by atoms with Crippen molar-refractivity contribution in [3.05, 3.63) is 233 Å². The number of rotatable bonds is 4. The highest BCUT2D eigenvalue weighted by Crippen LogP contribution is 2.48. The van der Waals surface area contributed by atoms with E-state index in [-0.39, 0.29) is 27.1 Å². The van der Waals surface area contributed by atoms with E-state index in [4.69, 9.17) is 0 Å². The SMILES string of the molecule is CC(C)(C)c1cc(-c2c3c(c(-c4cc(C(C)(C)C)cc(C(C)(C)C)c4)c4ccccc24)=c2ccc4c5c(ccc=3c25)=c2c(-c3ccccc3)c3ccc(C(C)(C)C)cc3c(-c3ccccc3)c2=4)cc(C(C)(C)C)c1. The van der Waals surface area contributed by atoms with Crippen molar-refractivity contribution >= 4 is 32.3 Å². The summed E-state index contributed by atoms with van der Waals surface area (Å²) >= 11 is 0. The van der Waals surface area contributed by atoms with Gasteiger partial charge in [0, 0.05) is 0 Å². The van der Waals surface area contributed by atoms with Gasteiger partial charge in [0.25, 0.3) is 0 Å². The summed E-state index contributed by atoms with van der Waals surface area (Å²) in [6.45, 7) is 35.4. The molecule has 0 heterocycles. The molecule has 0 nitrogen and oxygen atoms in total. The van der Waals surface area contributed by atoms with E-state index in [0.717, 1.165) is 0 Å². The lowest BCUT2D eigenvalue weighted by atomic mass is 9.77. The molecule has 2 aliphatic carbocycles. The van der Waals surface area contributed by atoms with Gasteiger partial charge >= 0.3 is 0 Å². The highest BCUT2D eigenvalue weighted by atomic mass is 14.3. The number of fused-ring (bicyclic) bond motifs is 4. The minimum absolute atomic E-state index is 0.0234. The average molecular weight is 961 g/mol. The number of hydrogen-bond donors (Lipinski definition) is 0. The molecule has 0 bridgehead atoms. The molecular formula is C74H72. The predicted octanol–water partition coefficient (Wildman–Crippen LogP) is 20.1. The summed E-state index contributed by atoms with van der Waals surface area (Å²) in [6, 6.07) is 64.2. The van der Waals surface area contributed by atoms with Crippen molar-refractivity contribution in [3.8, 4) is 44.5 Å². The molecule has 0 aliphatic heterocycles. The molecular weight excluding hydrogens is 889 g/mol. The molecule has 0 unspecified atom stereocenters. The number of hydrogen-bond acceptors (Lipinski definition) is 0. The van der Waals surface area contributed by atoms with Gasteiger partial charge in [-0.15, -0.1) is 0 Å². The van der Waals surface area contributed by atoms with Crippen molar-refractivity contribution in [2.45, 2.75) is 131 Å². The Bertz CT molecular complexity index is 4240. The standard InChI is InChI=1S/C74H72/c1-70(2,3)47-30-31-54-59(42-47)61(44-26-20-17-21-27-44)67-56-33-35-58-65-57(34-32-55(64(56)65)66(67)60(54)43-24-18-16-19-25-43)68-62(45-36-48(71(4,5)6)40-49(37-45)72(7,8)9)52-28-22-23-29-53(52)63(69(58)68)46-38-50(73(10,11)12)41-51(39-46)74(13,14)15/h16-42H,1-15H3. The monoisotopic (exact) mass is 961 g/mol. The second kappa shape index (κ2) is 16.2. The van der Waals surface area contributed by atoms with E-state index in [9.17, 15) is 0 Å². The molecule has 2 aliphatic rings. The maximum absolute atomic E-state index is 2.53. The third kappa shape index (κ3) is 7.45. The fraction of sp³-hybridized carbons (Fsp3) is 0.270. The molecule has 0 saturated carbocycles. The predicted molar refractivity (Wildman–Crippen MR) is 318 cm³/mol. The lowest BCUT2D eigenvalue weighted by Gasteiger charge is -2.28. The zero-order valence-electron chi connectivity index (χ0n) is 46.6. The fourth-order valence-corrected chi connectivity index (χ4v) is 12.5. The van der Waals surface area contributed by atoms with Crippen LogP contribution in [0.5, 0.6) is 0 Å². The van der Waals surface area contributed by atoms with Gasteiger partial charge in [0.05, 0.1) is 0 Å². The molecule has 0 atom stereocenters. The van der Waals surface area contributed by atoms with E-state index in [2.05, 4.69) is 268 Å². The van der Waals surface area contributed by atoms with Crippen LogP contribution in [0, 0.1) is 41.7 Å². The van der Waals surface area contributed by atoms with Gasteiger partial charge in [-0.05, 0) is 180 Å². The molecule has 0 radical (unpaired) electrons. The summed E-state index contributed by atoms with van der Waals surface area (Å²) in [5.74, 6) is 0. The van der Waals surface area contributed by atoms with E-state index >= 15 is 0 Å². The summed E-state index contributed by atoms with van der Waals surface area (Å²) in [7, 11) is 0. The first-order valence-corrected chi connectivity index (χ1v) is 27.2. The van der Waals surface area contributed by atoms with Gasteiger partial charge in [0.2, 0.25) is 0 Å². The van der Waals surface area contributed by atoms with Crippen LogP contribution in [-0.4, -0.2) is 0 Å². The molecule has 10 aromatic rings. The minimum atomic E-state index is -0.0485. The Morgan fingerprint density at radius 3 is 0.824 bits per heavy atom. The van der Waals surface area contributed by atoms with Gasteiger partial charge in [-0.3, -0.25) is 0 Å². The summed E-state index contributed by atoms with van der Waals surface area (Å²) in [4.78, 5) is 0. The van der Waals surface area contributed by atoms with E-state index in [1.165, 1.54) is 146 Å². The fourth-order valence-electron chi connectivity index (χ4n) is 12.5. The van der Waals surface area contributed by atoms with Crippen LogP contribution in [0.1, 0.15) is 132 Å². The summed E-state index contributed by atoms with van der Waals surface area (Å²) in [6.07, 6.45) is 0. The van der Waals surface area contributed by atoms with Crippen LogP contribution < -0.4 is 0 Å². The van der Waals surface area contributed by atoms with Crippen LogP contribution in [0.15, 0.2) is 164 Å². The Morgan fingerprint density at radius 1 is 0.216 bits per heavy atom. The van der Waals surface area contributed by atoms with Crippen molar-refractivity contribution < 1.29 is 0 Å². The normalized spacial score (nSPS) is 13.3. The van der Waals surface area contributed by atoms with Gasteiger partial charge in [-0.25, -0.2) is 0 Å². The summed E-state index contributed by atoms with van der Waals surface area (Å²) < 4.78 is 0. The van der Waals surface area contributed by atoms with Crippen molar-refractivity contribution in [1.82, 2.24) is 0 Å². The molecule has 10 aromatic carbocycles. The molecule has 0 N–H and O–H groups in total. The molecule has 0 amide bonds. The maximum atomic E-state index is 2.53. The third-order valence-corrected chi connectivity index (χ3v) is 16.7. The summed E-state index contributed by atoms with van der Waals surface area (Å²) in [5, 5.41) is 18.6. The molecule has 368 valence electrons. The molecule has 0 aromatic heterocycles. The van der Waals surface area contributed by atoms with E-state index in [1.807, 2.05) is 0 Å². The Labute approximate surface area is 438 Å². The van der Waals surface area contributed by atoms with Gasteiger partial charge in [0.15, 0.2) is 0 Å². The largest absolute Gasteiger partial charge is 0.0622 e. The Kier molecular flexibility index (Phi) is 10.5. The van der Waals surface area contributed by atoms with E-state index in [1.54, 1.807) is 0 Å². The van der Waals surface area contributed by atoms with Crippen molar-refractivity contribution in [3.63, 3.8) is 0 Å². The van der Waals surface area contributed by atoms with Crippen LogP contribution in [0.2, 0.25) is 0 Å². The van der Waals surface area contributed by atoms with Gasteiger partial charge < -0.3 is 0 Å². The quantitative estimate of drug-likeness (QED) is 0.165. The van der Waals surface area contributed by atoms with Crippen molar-refractivity contribution in [1.29, 1.82) is 0 Å². The Balaban J connectivity index is 1.40. The van der Waals surface area contributed by atoms with Crippen LogP contribution in [0.4, 0.5) is 0 Å².